The second kappa shape index (κ2) is 6.05. The van der Waals surface area contributed by atoms with Gasteiger partial charge in [-0.05, 0) is 25.1 Å². The molecule has 0 bridgehead atoms. The smallest absolute Gasteiger partial charge is 0.257 e. The molecule has 0 aliphatic carbocycles. The highest BCUT2D eigenvalue weighted by molar-refractivity contribution is 5.94. The van der Waals surface area contributed by atoms with Crippen molar-refractivity contribution in [2.45, 2.75) is 6.92 Å². The van der Waals surface area contributed by atoms with Crippen molar-refractivity contribution >= 4 is 11.7 Å². The van der Waals surface area contributed by atoms with Gasteiger partial charge in [0.25, 0.3) is 5.91 Å². The zero-order valence-electron chi connectivity index (χ0n) is 12.2. The minimum absolute atomic E-state index is 0.0681. The zero-order chi connectivity index (χ0) is 15.5. The number of aromatic nitrogens is 3. The second-order valence-electron chi connectivity index (χ2n) is 5.17. The topological polar surface area (TPSA) is 62.2 Å². The molecule has 3 rings (SSSR count). The number of carbonyl (C=O) groups is 1. The number of pyridine rings is 1. The van der Waals surface area contributed by atoms with Crippen molar-refractivity contribution in [1.29, 1.82) is 0 Å². The van der Waals surface area contributed by atoms with Gasteiger partial charge in [0.1, 0.15) is 0 Å². The third-order valence-electron chi connectivity index (χ3n) is 3.68. The van der Waals surface area contributed by atoms with Crippen LogP contribution in [0.25, 0.3) is 0 Å². The predicted molar refractivity (Wildman–Crippen MR) is 79.1 cm³/mol. The fraction of sp³-hybridized carbons (Fsp3) is 0.333. The molecule has 0 aromatic carbocycles. The number of rotatable bonds is 2. The normalized spacial score (nSPS) is 15.0. The Morgan fingerprint density at radius 3 is 2.55 bits per heavy atom. The maximum Gasteiger partial charge on any atom is 0.257 e. The summed E-state index contributed by atoms with van der Waals surface area (Å²) in [6, 6.07) is 5.24. The molecule has 0 radical (unpaired) electrons. The summed E-state index contributed by atoms with van der Waals surface area (Å²) in [5.74, 6) is -0.0818. The van der Waals surface area contributed by atoms with Crippen LogP contribution in [0, 0.1) is 12.7 Å². The monoisotopic (exact) mass is 301 g/mol. The van der Waals surface area contributed by atoms with E-state index in [1.165, 1.54) is 12.3 Å². The lowest BCUT2D eigenvalue weighted by Crippen LogP contribution is -2.49. The molecule has 6 nitrogen and oxygen atoms in total. The predicted octanol–water partition coefficient (Wildman–Crippen LogP) is 1.28. The molecule has 7 heteroatoms. The standard InChI is InChI=1S/C15H16FN5O/c1-11-2-3-14(19-18-11)20-6-8-21(9-7-20)15(22)12-4-5-17-10-13(12)16/h2-5,10H,6-9H2,1H3. The minimum atomic E-state index is -0.584. The van der Waals surface area contributed by atoms with Gasteiger partial charge in [-0.3, -0.25) is 9.78 Å². The highest BCUT2D eigenvalue weighted by atomic mass is 19.1. The molecule has 1 fully saturated rings. The van der Waals surface area contributed by atoms with Crippen molar-refractivity contribution in [3.8, 4) is 0 Å². The van der Waals surface area contributed by atoms with Crippen molar-refractivity contribution in [3.63, 3.8) is 0 Å². The average Bonchev–Trinajstić information content (AvgIpc) is 2.56. The molecule has 1 saturated heterocycles. The molecule has 0 spiro atoms. The lowest BCUT2D eigenvalue weighted by atomic mass is 10.2. The molecular formula is C15H16FN5O. The second-order valence-corrected chi connectivity index (χ2v) is 5.17. The van der Waals surface area contributed by atoms with E-state index < -0.39 is 5.82 Å². The van der Waals surface area contributed by atoms with Gasteiger partial charge in [-0.15, -0.1) is 5.10 Å². The molecule has 0 saturated carbocycles. The van der Waals surface area contributed by atoms with Gasteiger partial charge in [0.15, 0.2) is 11.6 Å². The van der Waals surface area contributed by atoms with Crippen molar-refractivity contribution in [3.05, 3.63) is 47.7 Å². The lowest BCUT2D eigenvalue weighted by Gasteiger charge is -2.35. The molecule has 3 heterocycles. The van der Waals surface area contributed by atoms with Crippen molar-refractivity contribution < 1.29 is 9.18 Å². The van der Waals surface area contributed by atoms with Gasteiger partial charge in [-0.2, -0.15) is 5.10 Å². The van der Waals surface area contributed by atoms with Gasteiger partial charge in [-0.25, -0.2) is 4.39 Å². The lowest BCUT2D eigenvalue weighted by molar-refractivity contribution is 0.0741. The molecular weight excluding hydrogens is 285 g/mol. The Bertz CT molecular complexity index is 668. The highest BCUT2D eigenvalue weighted by Gasteiger charge is 2.24. The van der Waals surface area contributed by atoms with Crippen LogP contribution in [0.1, 0.15) is 16.1 Å². The summed E-state index contributed by atoms with van der Waals surface area (Å²) in [7, 11) is 0. The number of piperazine rings is 1. The van der Waals surface area contributed by atoms with E-state index in [4.69, 9.17) is 0 Å². The Balaban J connectivity index is 1.65. The summed E-state index contributed by atoms with van der Waals surface area (Å²) in [6.07, 6.45) is 2.49. The molecule has 22 heavy (non-hydrogen) atoms. The van der Waals surface area contributed by atoms with E-state index in [0.717, 1.165) is 17.7 Å². The third kappa shape index (κ3) is 2.88. The van der Waals surface area contributed by atoms with E-state index in [1.54, 1.807) is 4.90 Å². The Morgan fingerprint density at radius 2 is 1.91 bits per heavy atom. The number of halogens is 1. The van der Waals surface area contributed by atoms with Crippen molar-refractivity contribution in [2.24, 2.45) is 0 Å². The number of nitrogens with zero attached hydrogens (tertiary/aromatic N) is 5. The van der Waals surface area contributed by atoms with Crippen LogP contribution in [0.15, 0.2) is 30.6 Å². The van der Waals surface area contributed by atoms with Crippen LogP contribution in [0.3, 0.4) is 0 Å². The Morgan fingerprint density at radius 1 is 1.14 bits per heavy atom. The third-order valence-corrected chi connectivity index (χ3v) is 3.68. The van der Waals surface area contributed by atoms with E-state index in [-0.39, 0.29) is 11.5 Å². The quantitative estimate of drug-likeness (QED) is 0.836. The van der Waals surface area contributed by atoms with Crippen LogP contribution in [0.5, 0.6) is 0 Å². The molecule has 1 aliphatic heterocycles. The molecule has 0 atom stereocenters. The molecule has 1 amide bonds. The SMILES string of the molecule is Cc1ccc(N2CCN(C(=O)c3ccncc3F)CC2)nn1. The zero-order valence-corrected chi connectivity index (χ0v) is 12.2. The number of carbonyl (C=O) groups excluding carboxylic acids is 1. The van der Waals surface area contributed by atoms with E-state index in [1.807, 2.05) is 19.1 Å². The van der Waals surface area contributed by atoms with Crippen LogP contribution >= 0.6 is 0 Å². The van der Waals surface area contributed by atoms with Crippen LogP contribution in [0.2, 0.25) is 0 Å². The average molecular weight is 301 g/mol. The largest absolute Gasteiger partial charge is 0.352 e. The molecule has 0 unspecified atom stereocenters. The molecule has 2 aromatic rings. The van der Waals surface area contributed by atoms with Crippen LogP contribution in [0.4, 0.5) is 10.2 Å². The first-order chi connectivity index (χ1) is 10.6. The van der Waals surface area contributed by atoms with E-state index in [2.05, 4.69) is 20.1 Å². The van der Waals surface area contributed by atoms with E-state index in [0.29, 0.717) is 26.2 Å². The van der Waals surface area contributed by atoms with E-state index in [9.17, 15) is 9.18 Å². The fourth-order valence-electron chi connectivity index (χ4n) is 2.42. The first-order valence-electron chi connectivity index (χ1n) is 7.09. The highest BCUT2D eigenvalue weighted by Crippen LogP contribution is 2.15. The van der Waals surface area contributed by atoms with Gasteiger partial charge < -0.3 is 9.80 Å². The van der Waals surface area contributed by atoms with Crippen LogP contribution < -0.4 is 4.90 Å². The number of amides is 1. The number of anilines is 1. The van der Waals surface area contributed by atoms with Gasteiger partial charge >= 0.3 is 0 Å². The number of hydrogen-bond donors (Lipinski definition) is 0. The summed E-state index contributed by atoms with van der Waals surface area (Å²) in [4.78, 5) is 19.7. The first kappa shape index (κ1) is 14.4. The van der Waals surface area contributed by atoms with Crippen LogP contribution in [-0.2, 0) is 0 Å². The van der Waals surface area contributed by atoms with Gasteiger partial charge in [-0.1, -0.05) is 0 Å². The van der Waals surface area contributed by atoms with Gasteiger partial charge in [0.05, 0.1) is 17.5 Å². The fourth-order valence-corrected chi connectivity index (χ4v) is 2.42. The van der Waals surface area contributed by atoms with Gasteiger partial charge in [0.2, 0.25) is 0 Å². The molecule has 2 aromatic heterocycles. The maximum atomic E-state index is 13.6. The molecule has 114 valence electrons. The maximum absolute atomic E-state index is 13.6. The number of hydrogen-bond acceptors (Lipinski definition) is 5. The Kier molecular flexibility index (Phi) is 3.95. The Hall–Kier alpha value is -2.57. The summed E-state index contributed by atoms with van der Waals surface area (Å²) >= 11 is 0. The summed E-state index contributed by atoms with van der Waals surface area (Å²) < 4.78 is 13.6. The van der Waals surface area contributed by atoms with Crippen LogP contribution in [-0.4, -0.2) is 52.2 Å². The molecule has 1 aliphatic rings. The van der Waals surface area contributed by atoms with Crippen molar-refractivity contribution in [2.75, 3.05) is 31.1 Å². The van der Waals surface area contributed by atoms with Gasteiger partial charge in [0, 0.05) is 32.4 Å². The first-order valence-corrected chi connectivity index (χ1v) is 7.09. The molecule has 0 N–H and O–H groups in total. The summed E-state index contributed by atoms with van der Waals surface area (Å²) in [5, 5.41) is 8.19. The van der Waals surface area contributed by atoms with E-state index >= 15 is 0 Å². The minimum Gasteiger partial charge on any atom is -0.352 e. The summed E-state index contributed by atoms with van der Waals surface area (Å²) in [6.45, 7) is 4.23. The Labute approximate surface area is 127 Å². The summed E-state index contributed by atoms with van der Waals surface area (Å²) in [5.41, 5.74) is 0.935. The van der Waals surface area contributed by atoms with Crippen molar-refractivity contribution in [1.82, 2.24) is 20.1 Å². The number of aryl methyl sites for hydroxylation is 1.